The molecule has 36 heavy (non-hydrogen) atoms. The Hall–Kier alpha value is -2.92. The lowest BCUT2D eigenvalue weighted by molar-refractivity contribution is -0.401. The molecule has 0 atom stereocenters. The van der Waals surface area contributed by atoms with Gasteiger partial charge in [0.25, 0.3) is 0 Å². The first-order valence-electron chi connectivity index (χ1n) is 12.5. The number of likely N-dealkylation sites (N-methyl/N-ethyl adjacent to an activating group) is 1. The van der Waals surface area contributed by atoms with Crippen LogP contribution in [0.15, 0.2) is 103 Å². The fraction of sp³-hybridized carbons (Fsp3) is 0.242. The predicted octanol–water partition coefficient (Wildman–Crippen LogP) is 8.43. The van der Waals surface area contributed by atoms with Crippen LogP contribution in [0, 0.1) is 3.57 Å². The molecule has 0 fully saturated rings. The second-order valence-electron chi connectivity index (χ2n) is 10.8. The minimum atomic E-state index is -0.0546. The largest absolute Gasteiger partial charge is 0.347 e. The van der Waals surface area contributed by atoms with Gasteiger partial charge in [-0.15, -0.1) is 0 Å². The van der Waals surface area contributed by atoms with Crippen molar-refractivity contribution in [3.63, 3.8) is 0 Å². The van der Waals surface area contributed by atoms with Gasteiger partial charge in [-0.25, -0.2) is 0 Å². The highest BCUT2D eigenvalue weighted by Gasteiger charge is 2.44. The summed E-state index contributed by atoms with van der Waals surface area (Å²) in [4.78, 5) is 2.31. The molecular weight excluding hydrogens is 551 g/mol. The molecule has 3 aromatic rings. The van der Waals surface area contributed by atoms with Crippen LogP contribution in [0.25, 0.3) is 10.8 Å². The van der Waals surface area contributed by atoms with E-state index in [1.165, 1.54) is 48.3 Å². The van der Waals surface area contributed by atoms with Gasteiger partial charge in [0, 0.05) is 45.1 Å². The number of halogens is 1. The van der Waals surface area contributed by atoms with Crippen LogP contribution in [0.4, 0.5) is 11.4 Å². The number of benzene rings is 3. The molecule has 0 amide bonds. The Bertz CT molecular complexity index is 1510. The van der Waals surface area contributed by atoms with E-state index in [4.69, 9.17) is 0 Å². The zero-order valence-corrected chi connectivity index (χ0v) is 24.2. The number of hydrogen-bond acceptors (Lipinski definition) is 1. The van der Waals surface area contributed by atoms with Crippen molar-refractivity contribution in [2.24, 2.45) is 0 Å². The average molecular weight is 586 g/mol. The predicted molar refractivity (Wildman–Crippen MR) is 164 cm³/mol. The number of hydrogen-bond donors (Lipinski definition) is 0. The van der Waals surface area contributed by atoms with Crippen molar-refractivity contribution >= 4 is 50.4 Å². The van der Waals surface area contributed by atoms with Crippen molar-refractivity contribution in [3.8, 4) is 0 Å². The average Bonchev–Trinajstić information content (AvgIpc) is 3.16. The monoisotopic (exact) mass is 585 g/mol. The normalized spacial score (nSPS) is 19.5. The quantitative estimate of drug-likeness (QED) is 0.169. The van der Waals surface area contributed by atoms with E-state index >= 15 is 0 Å². The third-order valence-corrected chi connectivity index (χ3v) is 8.51. The van der Waals surface area contributed by atoms with Crippen molar-refractivity contribution in [2.75, 3.05) is 19.0 Å². The molecule has 0 spiro atoms. The zero-order chi connectivity index (χ0) is 25.7. The minimum absolute atomic E-state index is 0.00627. The number of rotatable bonds is 4. The molecule has 0 saturated heterocycles. The van der Waals surface area contributed by atoms with Crippen molar-refractivity contribution < 1.29 is 4.58 Å². The second kappa shape index (κ2) is 9.19. The van der Waals surface area contributed by atoms with Gasteiger partial charge in [0.2, 0.25) is 5.69 Å². The van der Waals surface area contributed by atoms with E-state index in [9.17, 15) is 0 Å². The summed E-state index contributed by atoms with van der Waals surface area (Å²) in [6.45, 7) is 9.27. The first-order valence-corrected chi connectivity index (χ1v) is 13.6. The van der Waals surface area contributed by atoms with Crippen LogP contribution >= 0.6 is 22.6 Å². The smallest absolute Gasteiger partial charge is 0.210 e. The topological polar surface area (TPSA) is 6.25 Å². The molecule has 2 aliphatic rings. The molecule has 5 rings (SSSR count). The summed E-state index contributed by atoms with van der Waals surface area (Å²) < 4.78 is 3.62. The van der Waals surface area contributed by atoms with Crippen LogP contribution in [0.2, 0.25) is 0 Å². The Morgan fingerprint density at radius 3 is 2.36 bits per heavy atom. The Labute approximate surface area is 229 Å². The van der Waals surface area contributed by atoms with Crippen LogP contribution in [0.1, 0.15) is 38.8 Å². The van der Waals surface area contributed by atoms with E-state index in [1.54, 1.807) is 0 Å². The minimum Gasteiger partial charge on any atom is -0.347 e. The fourth-order valence-electron chi connectivity index (χ4n) is 5.99. The fourth-order valence-corrected chi connectivity index (χ4v) is 6.48. The van der Waals surface area contributed by atoms with E-state index in [-0.39, 0.29) is 10.8 Å². The van der Waals surface area contributed by atoms with E-state index in [0.29, 0.717) is 0 Å². The molecule has 0 bridgehead atoms. The molecule has 182 valence electrons. The molecule has 0 saturated carbocycles. The van der Waals surface area contributed by atoms with Crippen LogP contribution in [0.3, 0.4) is 0 Å². The third-order valence-electron chi connectivity index (χ3n) is 7.84. The van der Waals surface area contributed by atoms with E-state index in [0.717, 1.165) is 0 Å². The highest BCUT2D eigenvalue weighted by molar-refractivity contribution is 14.1. The molecule has 0 aromatic heterocycles. The lowest BCUT2D eigenvalue weighted by atomic mass is 9.79. The Morgan fingerprint density at radius 1 is 0.833 bits per heavy atom. The summed E-state index contributed by atoms with van der Waals surface area (Å²) in [6.07, 6.45) is 15.1. The highest BCUT2D eigenvalue weighted by atomic mass is 127. The summed E-state index contributed by atoms with van der Waals surface area (Å²) in [5.41, 5.74) is 7.97. The van der Waals surface area contributed by atoms with Crippen LogP contribution < -0.4 is 4.90 Å². The van der Waals surface area contributed by atoms with Crippen LogP contribution in [0.5, 0.6) is 0 Å². The maximum absolute atomic E-state index is 2.40. The SMILES string of the molecule is CN1\C(=C/C=C/C=C/C=C/C2=[N+](C)c3ccc4ccccc4c3C2(C)C)C(C)(C)c2cc(I)ccc21. The summed E-state index contributed by atoms with van der Waals surface area (Å²) in [5.74, 6) is 0. The molecule has 0 radical (unpaired) electrons. The Balaban J connectivity index is 1.33. The molecule has 0 N–H and O–H groups in total. The molecule has 3 heteroatoms. The first kappa shape index (κ1) is 24.8. The summed E-state index contributed by atoms with van der Waals surface area (Å²) >= 11 is 2.40. The maximum atomic E-state index is 2.40. The van der Waals surface area contributed by atoms with Gasteiger partial charge in [0.15, 0.2) is 5.71 Å². The van der Waals surface area contributed by atoms with E-state index in [1.807, 2.05) is 0 Å². The number of anilines is 1. The lowest BCUT2D eigenvalue weighted by Gasteiger charge is -2.23. The standard InChI is InChI=1S/C33H34IN2/c1-32(2)26-22-24(34)19-21-27(26)35(5)29(32)16-10-8-7-9-11-17-30-33(3,4)31-25-15-13-12-14-23(25)18-20-28(31)36(30)6/h7-22H,1-6H3/q+1. The van der Waals surface area contributed by atoms with Crippen molar-refractivity contribution in [2.45, 2.75) is 38.5 Å². The molecule has 2 aliphatic heterocycles. The Kier molecular flexibility index (Phi) is 6.32. The van der Waals surface area contributed by atoms with Gasteiger partial charge in [-0.2, -0.15) is 4.58 Å². The third kappa shape index (κ3) is 3.98. The molecule has 2 heterocycles. The lowest BCUT2D eigenvalue weighted by Crippen LogP contribution is -2.26. The van der Waals surface area contributed by atoms with Crippen LogP contribution in [-0.2, 0) is 10.8 Å². The Morgan fingerprint density at radius 2 is 1.56 bits per heavy atom. The van der Waals surface area contributed by atoms with Gasteiger partial charge in [0.1, 0.15) is 7.05 Å². The number of nitrogens with zero attached hydrogens (tertiary/aromatic N) is 2. The molecular formula is C33H34IN2+. The summed E-state index contributed by atoms with van der Waals surface area (Å²) in [7, 11) is 4.34. The molecule has 3 aromatic carbocycles. The first-order chi connectivity index (χ1) is 17.1. The highest BCUT2D eigenvalue weighted by Crippen LogP contribution is 2.47. The summed E-state index contributed by atoms with van der Waals surface area (Å²) in [5, 5.41) is 2.65. The van der Waals surface area contributed by atoms with E-state index in [2.05, 4.69) is 171 Å². The van der Waals surface area contributed by atoms with Crippen molar-refractivity contribution in [1.29, 1.82) is 0 Å². The number of fused-ring (bicyclic) bond motifs is 4. The van der Waals surface area contributed by atoms with Gasteiger partial charge in [-0.1, -0.05) is 68.5 Å². The molecule has 0 unspecified atom stereocenters. The van der Waals surface area contributed by atoms with Gasteiger partial charge >= 0.3 is 0 Å². The van der Waals surface area contributed by atoms with Gasteiger partial charge in [-0.3, -0.25) is 0 Å². The van der Waals surface area contributed by atoms with Gasteiger partial charge < -0.3 is 4.90 Å². The van der Waals surface area contributed by atoms with Gasteiger partial charge in [0.05, 0.1) is 5.41 Å². The maximum Gasteiger partial charge on any atom is 0.210 e. The summed E-state index contributed by atoms with van der Waals surface area (Å²) in [6, 6.07) is 19.9. The number of allylic oxidation sites excluding steroid dienone is 8. The molecule has 2 nitrogen and oxygen atoms in total. The van der Waals surface area contributed by atoms with Crippen molar-refractivity contribution in [1.82, 2.24) is 0 Å². The van der Waals surface area contributed by atoms with Crippen LogP contribution in [-0.4, -0.2) is 24.4 Å². The zero-order valence-electron chi connectivity index (χ0n) is 22.0. The van der Waals surface area contributed by atoms with Gasteiger partial charge in [-0.05, 0) is 83.1 Å². The second-order valence-corrected chi connectivity index (χ2v) is 12.0. The van der Waals surface area contributed by atoms with Crippen molar-refractivity contribution in [3.05, 3.63) is 118 Å². The molecule has 0 aliphatic carbocycles. The van der Waals surface area contributed by atoms with E-state index < -0.39 is 0 Å².